The molecule has 1 aromatic rings. The minimum atomic E-state index is -0.850. The van der Waals surface area contributed by atoms with E-state index in [9.17, 15) is 13.6 Å². The van der Waals surface area contributed by atoms with Crippen molar-refractivity contribution in [1.29, 1.82) is 0 Å². The van der Waals surface area contributed by atoms with Gasteiger partial charge >= 0.3 is 0 Å². The molecule has 0 bridgehead atoms. The molecule has 148 valence electrons. The number of rotatable bonds is 7. The van der Waals surface area contributed by atoms with Crippen molar-refractivity contribution in [2.45, 2.75) is 77.6 Å². The van der Waals surface area contributed by atoms with Crippen molar-refractivity contribution in [2.24, 2.45) is 17.8 Å². The zero-order valence-corrected chi connectivity index (χ0v) is 16.5. The molecule has 3 rings (SSSR count). The largest absolute Gasteiger partial charge is 0.295 e. The third kappa shape index (κ3) is 5.49. The number of halogens is 2. The fraction of sp³-hybridized carbons (Fsp3) is 0.625. The quantitative estimate of drug-likeness (QED) is 0.497. The van der Waals surface area contributed by atoms with Crippen LogP contribution in [-0.2, 0) is 4.79 Å². The summed E-state index contributed by atoms with van der Waals surface area (Å²) < 4.78 is 26.5. The van der Waals surface area contributed by atoms with Gasteiger partial charge in [-0.1, -0.05) is 57.9 Å². The van der Waals surface area contributed by atoms with E-state index in [-0.39, 0.29) is 11.7 Å². The minimum Gasteiger partial charge on any atom is -0.295 e. The number of carbonyl (C=O) groups excluding carboxylic acids is 1. The van der Waals surface area contributed by atoms with Crippen LogP contribution in [0.2, 0.25) is 0 Å². The Morgan fingerprint density at radius 1 is 0.926 bits per heavy atom. The zero-order valence-electron chi connectivity index (χ0n) is 16.5. The molecule has 0 N–H and O–H groups in total. The van der Waals surface area contributed by atoms with E-state index in [1.807, 2.05) is 0 Å². The Morgan fingerprint density at radius 2 is 1.63 bits per heavy atom. The van der Waals surface area contributed by atoms with Gasteiger partial charge in [-0.05, 0) is 66.9 Å². The van der Waals surface area contributed by atoms with Crippen LogP contribution >= 0.6 is 0 Å². The Kier molecular flexibility index (Phi) is 7.20. The van der Waals surface area contributed by atoms with Crippen LogP contribution in [0.15, 0.2) is 24.3 Å². The minimum absolute atomic E-state index is 0.108. The summed E-state index contributed by atoms with van der Waals surface area (Å²) in [7, 11) is 0. The van der Waals surface area contributed by atoms with Gasteiger partial charge < -0.3 is 0 Å². The molecule has 0 aromatic heterocycles. The number of hydrogen-bond donors (Lipinski definition) is 0. The van der Waals surface area contributed by atoms with Crippen LogP contribution in [0.5, 0.6) is 0 Å². The molecule has 2 aliphatic rings. The van der Waals surface area contributed by atoms with Crippen molar-refractivity contribution in [3.63, 3.8) is 0 Å². The lowest BCUT2D eigenvalue weighted by Crippen LogP contribution is -2.20. The van der Waals surface area contributed by atoms with Gasteiger partial charge in [0.05, 0.1) is 0 Å². The van der Waals surface area contributed by atoms with Crippen molar-refractivity contribution in [2.75, 3.05) is 0 Å². The maximum absolute atomic E-state index is 13.4. The third-order valence-corrected chi connectivity index (χ3v) is 6.63. The summed E-state index contributed by atoms with van der Waals surface area (Å²) >= 11 is 0. The van der Waals surface area contributed by atoms with Crippen molar-refractivity contribution in [3.05, 3.63) is 41.5 Å². The lowest BCUT2D eigenvalue weighted by Gasteiger charge is -2.30. The van der Waals surface area contributed by atoms with Gasteiger partial charge in [-0.15, -0.1) is 0 Å². The molecule has 3 heteroatoms. The normalized spacial score (nSPS) is 26.1. The van der Waals surface area contributed by atoms with Crippen LogP contribution < -0.4 is 0 Å². The predicted molar refractivity (Wildman–Crippen MR) is 106 cm³/mol. The Morgan fingerprint density at radius 3 is 2.26 bits per heavy atom. The average molecular weight is 375 g/mol. The second-order valence-corrected chi connectivity index (χ2v) is 8.54. The zero-order chi connectivity index (χ0) is 19.2. The van der Waals surface area contributed by atoms with E-state index in [0.29, 0.717) is 5.56 Å². The summed E-state index contributed by atoms with van der Waals surface area (Å²) in [5, 5.41) is 0. The Bertz CT molecular complexity index is 671. The molecule has 0 spiro atoms. The number of allylic oxidation sites excluding steroid dienone is 2. The highest BCUT2D eigenvalue weighted by Crippen LogP contribution is 2.37. The maximum Gasteiger partial charge on any atom is 0.159 e. The number of unbranched alkanes of at least 4 members (excludes halogenated alkanes) is 1. The molecule has 0 aliphatic heterocycles. The Hall–Kier alpha value is -1.51. The molecule has 1 nitrogen and oxygen atoms in total. The highest BCUT2D eigenvalue weighted by atomic mass is 19.2. The molecule has 1 atom stereocenters. The van der Waals surface area contributed by atoms with Crippen molar-refractivity contribution >= 4 is 11.4 Å². The average Bonchev–Trinajstić information content (AvgIpc) is 2.68. The molecule has 2 aliphatic carbocycles. The summed E-state index contributed by atoms with van der Waals surface area (Å²) in [6, 6.07) is 3.90. The van der Waals surface area contributed by atoms with E-state index < -0.39 is 11.6 Å². The van der Waals surface area contributed by atoms with E-state index in [4.69, 9.17) is 0 Å². The van der Waals surface area contributed by atoms with Crippen LogP contribution in [0.4, 0.5) is 8.78 Å². The maximum atomic E-state index is 13.4. The van der Waals surface area contributed by atoms with Gasteiger partial charge in [-0.25, -0.2) is 8.78 Å². The van der Waals surface area contributed by atoms with Gasteiger partial charge in [0.15, 0.2) is 17.4 Å². The van der Waals surface area contributed by atoms with Crippen LogP contribution in [0, 0.1) is 29.4 Å². The predicted octanol–water partition coefficient (Wildman–Crippen LogP) is 7.10. The summed E-state index contributed by atoms with van der Waals surface area (Å²) in [5.74, 6) is 0.294. The number of ketones is 1. The fourth-order valence-electron chi connectivity index (χ4n) is 4.78. The molecular formula is C24H32F2O. The summed E-state index contributed by atoms with van der Waals surface area (Å²) in [6.45, 7) is 2.26. The van der Waals surface area contributed by atoms with Crippen molar-refractivity contribution < 1.29 is 13.6 Å². The number of benzene rings is 1. The SMILES string of the molecule is CCCCC1CCC(CCC2CCC(c3ccc(F)c(F)c3)=CC2=O)CC1. The molecule has 1 saturated carbocycles. The van der Waals surface area contributed by atoms with Gasteiger partial charge in [0.1, 0.15) is 0 Å². The highest BCUT2D eigenvalue weighted by Gasteiger charge is 2.26. The van der Waals surface area contributed by atoms with Crippen molar-refractivity contribution in [3.8, 4) is 0 Å². The first kappa shape index (κ1) is 20.2. The number of carbonyl (C=O) groups is 1. The Balaban J connectivity index is 1.47. The third-order valence-electron chi connectivity index (χ3n) is 6.63. The van der Waals surface area contributed by atoms with Crippen molar-refractivity contribution in [1.82, 2.24) is 0 Å². The molecule has 27 heavy (non-hydrogen) atoms. The van der Waals surface area contributed by atoms with Crippen LogP contribution in [0.25, 0.3) is 5.57 Å². The van der Waals surface area contributed by atoms with E-state index in [1.54, 1.807) is 12.1 Å². The number of hydrogen-bond acceptors (Lipinski definition) is 1. The second-order valence-electron chi connectivity index (χ2n) is 8.54. The van der Waals surface area contributed by atoms with Gasteiger partial charge in [0, 0.05) is 5.92 Å². The van der Waals surface area contributed by atoms with Gasteiger partial charge in [-0.3, -0.25) is 4.79 Å². The fourth-order valence-corrected chi connectivity index (χ4v) is 4.78. The molecular weight excluding hydrogens is 342 g/mol. The summed E-state index contributed by atoms with van der Waals surface area (Å²) in [4.78, 5) is 12.5. The van der Waals surface area contributed by atoms with Gasteiger partial charge in [-0.2, -0.15) is 0 Å². The molecule has 0 heterocycles. The second kappa shape index (κ2) is 9.61. The van der Waals surface area contributed by atoms with Crippen LogP contribution in [0.1, 0.15) is 83.1 Å². The highest BCUT2D eigenvalue weighted by molar-refractivity contribution is 5.99. The van der Waals surface area contributed by atoms with E-state index in [1.165, 1.54) is 51.0 Å². The molecule has 0 saturated heterocycles. The van der Waals surface area contributed by atoms with Crippen LogP contribution in [-0.4, -0.2) is 5.78 Å². The molecule has 0 amide bonds. The van der Waals surface area contributed by atoms with Gasteiger partial charge in [0.2, 0.25) is 0 Å². The molecule has 1 aromatic carbocycles. The van der Waals surface area contributed by atoms with E-state index >= 15 is 0 Å². The summed E-state index contributed by atoms with van der Waals surface area (Å²) in [5.41, 5.74) is 1.47. The van der Waals surface area contributed by atoms with Crippen LogP contribution in [0.3, 0.4) is 0 Å². The summed E-state index contributed by atoms with van der Waals surface area (Å²) in [6.07, 6.45) is 14.8. The molecule has 1 fully saturated rings. The topological polar surface area (TPSA) is 17.1 Å². The first-order chi connectivity index (χ1) is 13.1. The van der Waals surface area contributed by atoms with E-state index in [0.717, 1.165) is 49.2 Å². The molecule has 1 unspecified atom stereocenters. The monoisotopic (exact) mass is 374 g/mol. The molecule has 0 radical (unpaired) electrons. The lowest BCUT2D eigenvalue weighted by atomic mass is 9.76. The smallest absolute Gasteiger partial charge is 0.159 e. The van der Waals surface area contributed by atoms with Gasteiger partial charge in [0.25, 0.3) is 0 Å². The Labute approximate surface area is 162 Å². The first-order valence-corrected chi connectivity index (χ1v) is 10.8. The first-order valence-electron chi connectivity index (χ1n) is 10.8. The van der Waals surface area contributed by atoms with E-state index in [2.05, 4.69) is 6.92 Å². The lowest BCUT2D eigenvalue weighted by molar-refractivity contribution is -0.118. The standard InChI is InChI=1S/C24H32F2O/c1-2-3-4-17-5-7-18(8-6-17)9-10-19-11-12-21(16-24(19)27)20-13-14-22(25)23(26)15-20/h13-19H,2-12H2,1H3.